The van der Waals surface area contributed by atoms with E-state index in [0.29, 0.717) is 5.56 Å². The minimum atomic E-state index is -4.60. The van der Waals surface area contributed by atoms with E-state index in [2.05, 4.69) is 14.7 Å². The minimum Gasteiger partial charge on any atom is -0.329 e. The standard InChI is InChI=1S/C10H6F3N2O/c11-10(12,13)9-14-8(15-16-9)6-7-4-2-1-3-5-7/h1-6H. The van der Waals surface area contributed by atoms with E-state index in [0.717, 1.165) is 0 Å². The molecule has 0 unspecified atom stereocenters. The molecule has 2 rings (SSSR count). The number of benzene rings is 1. The summed E-state index contributed by atoms with van der Waals surface area (Å²) in [4.78, 5) is 3.22. The van der Waals surface area contributed by atoms with E-state index in [9.17, 15) is 13.2 Å². The molecule has 83 valence electrons. The van der Waals surface area contributed by atoms with Gasteiger partial charge in [-0.05, 0) is 5.56 Å². The molecule has 0 fully saturated rings. The van der Waals surface area contributed by atoms with Crippen molar-refractivity contribution in [1.82, 2.24) is 10.1 Å². The van der Waals surface area contributed by atoms with Crippen molar-refractivity contribution in [2.45, 2.75) is 6.18 Å². The molecule has 0 spiro atoms. The van der Waals surface area contributed by atoms with Gasteiger partial charge in [0.05, 0.1) is 6.42 Å². The molecule has 1 aromatic heterocycles. The van der Waals surface area contributed by atoms with Crippen LogP contribution in [0.1, 0.15) is 17.3 Å². The van der Waals surface area contributed by atoms with Gasteiger partial charge in [-0.15, -0.1) is 0 Å². The van der Waals surface area contributed by atoms with Crippen molar-refractivity contribution >= 4 is 0 Å². The maximum atomic E-state index is 12.1. The summed E-state index contributed by atoms with van der Waals surface area (Å²) in [6.45, 7) is 0. The number of halogens is 3. The Kier molecular flexibility index (Phi) is 2.64. The number of alkyl halides is 3. The summed E-state index contributed by atoms with van der Waals surface area (Å²) < 4.78 is 40.5. The predicted molar refractivity (Wildman–Crippen MR) is 48.2 cm³/mol. The van der Waals surface area contributed by atoms with Crippen LogP contribution in [0.3, 0.4) is 0 Å². The third-order valence-electron chi connectivity index (χ3n) is 1.78. The Bertz CT molecular complexity index is 464. The molecule has 1 aromatic carbocycles. The van der Waals surface area contributed by atoms with E-state index >= 15 is 0 Å². The lowest BCUT2D eigenvalue weighted by Crippen LogP contribution is -2.05. The van der Waals surface area contributed by atoms with Crippen molar-refractivity contribution in [3.05, 3.63) is 54.0 Å². The molecular formula is C10H6F3N2O. The second kappa shape index (κ2) is 3.96. The molecule has 0 atom stereocenters. The van der Waals surface area contributed by atoms with Crippen LogP contribution in [-0.2, 0) is 6.18 Å². The van der Waals surface area contributed by atoms with Crippen molar-refractivity contribution in [3.8, 4) is 0 Å². The van der Waals surface area contributed by atoms with Crippen LogP contribution in [0.25, 0.3) is 0 Å². The Morgan fingerprint density at radius 2 is 1.81 bits per heavy atom. The summed E-state index contributed by atoms with van der Waals surface area (Å²) >= 11 is 0. The third-order valence-corrected chi connectivity index (χ3v) is 1.78. The van der Waals surface area contributed by atoms with Gasteiger partial charge in [-0.1, -0.05) is 35.5 Å². The molecule has 0 aliphatic carbocycles. The zero-order valence-corrected chi connectivity index (χ0v) is 7.90. The van der Waals surface area contributed by atoms with E-state index in [-0.39, 0.29) is 5.82 Å². The summed E-state index contributed by atoms with van der Waals surface area (Å²) in [5.41, 5.74) is 0.706. The monoisotopic (exact) mass is 227 g/mol. The molecule has 0 saturated carbocycles. The van der Waals surface area contributed by atoms with Crippen molar-refractivity contribution < 1.29 is 17.7 Å². The Hall–Kier alpha value is -1.85. The summed E-state index contributed by atoms with van der Waals surface area (Å²) in [7, 11) is 0. The molecule has 1 heterocycles. The maximum Gasteiger partial charge on any atom is 0.471 e. The predicted octanol–water partition coefficient (Wildman–Crippen LogP) is 2.69. The smallest absolute Gasteiger partial charge is 0.329 e. The number of rotatable bonds is 2. The van der Waals surface area contributed by atoms with Crippen LogP contribution in [0.4, 0.5) is 13.2 Å². The van der Waals surface area contributed by atoms with Gasteiger partial charge in [0.2, 0.25) is 0 Å². The maximum absolute atomic E-state index is 12.1. The van der Waals surface area contributed by atoms with Gasteiger partial charge in [0.25, 0.3) is 0 Å². The highest BCUT2D eigenvalue weighted by Crippen LogP contribution is 2.27. The lowest BCUT2D eigenvalue weighted by Gasteiger charge is -1.96. The summed E-state index contributed by atoms with van der Waals surface area (Å²) in [5.74, 6) is -1.44. The van der Waals surface area contributed by atoms with Crippen molar-refractivity contribution in [2.24, 2.45) is 0 Å². The van der Waals surface area contributed by atoms with Crippen LogP contribution >= 0.6 is 0 Å². The fourth-order valence-corrected chi connectivity index (χ4v) is 1.11. The summed E-state index contributed by atoms with van der Waals surface area (Å²) in [6, 6.07) is 8.77. The van der Waals surface area contributed by atoms with Gasteiger partial charge in [0.1, 0.15) is 0 Å². The number of hydrogen-bond acceptors (Lipinski definition) is 3. The molecule has 0 amide bonds. The van der Waals surface area contributed by atoms with Crippen LogP contribution in [-0.4, -0.2) is 10.1 Å². The highest BCUT2D eigenvalue weighted by atomic mass is 19.4. The molecule has 0 N–H and O–H groups in total. The van der Waals surface area contributed by atoms with Crippen molar-refractivity contribution in [3.63, 3.8) is 0 Å². The van der Waals surface area contributed by atoms with Crippen molar-refractivity contribution in [2.75, 3.05) is 0 Å². The molecule has 2 aromatic rings. The average Bonchev–Trinajstić information content (AvgIpc) is 2.67. The van der Waals surface area contributed by atoms with Gasteiger partial charge in [-0.3, -0.25) is 0 Å². The van der Waals surface area contributed by atoms with E-state index in [1.54, 1.807) is 30.3 Å². The zero-order chi connectivity index (χ0) is 11.6. The molecule has 1 radical (unpaired) electrons. The molecular weight excluding hydrogens is 221 g/mol. The van der Waals surface area contributed by atoms with E-state index in [1.807, 2.05) is 0 Å². The van der Waals surface area contributed by atoms with Gasteiger partial charge in [0, 0.05) is 0 Å². The van der Waals surface area contributed by atoms with Gasteiger partial charge in [-0.2, -0.15) is 18.2 Å². The highest BCUT2D eigenvalue weighted by Gasteiger charge is 2.38. The van der Waals surface area contributed by atoms with E-state index in [1.165, 1.54) is 6.42 Å². The first kappa shape index (κ1) is 10.7. The van der Waals surface area contributed by atoms with Crippen LogP contribution < -0.4 is 0 Å². The molecule has 3 nitrogen and oxygen atoms in total. The van der Waals surface area contributed by atoms with Gasteiger partial charge >= 0.3 is 12.1 Å². The molecule has 16 heavy (non-hydrogen) atoms. The summed E-state index contributed by atoms with van der Waals surface area (Å²) in [5, 5.41) is 3.22. The lowest BCUT2D eigenvalue weighted by molar-refractivity contribution is -0.159. The average molecular weight is 227 g/mol. The molecule has 0 saturated heterocycles. The van der Waals surface area contributed by atoms with Gasteiger partial charge in [0.15, 0.2) is 5.82 Å². The Labute approximate surface area is 88.9 Å². The zero-order valence-electron chi connectivity index (χ0n) is 7.90. The molecule has 0 aliphatic rings. The Morgan fingerprint density at radius 3 is 2.38 bits per heavy atom. The quantitative estimate of drug-likeness (QED) is 0.791. The van der Waals surface area contributed by atoms with Crippen LogP contribution in [0, 0.1) is 6.42 Å². The third kappa shape index (κ3) is 2.39. The highest BCUT2D eigenvalue weighted by molar-refractivity contribution is 5.29. The number of nitrogens with zero attached hydrogens (tertiary/aromatic N) is 2. The second-order valence-electron chi connectivity index (χ2n) is 3.01. The van der Waals surface area contributed by atoms with Crippen LogP contribution in [0.5, 0.6) is 0 Å². The molecule has 0 aliphatic heterocycles. The number of aromatic nitrogens is 2. The molecule has 0 bridgehead atoms. The first-order valence-electron chi connectivity index (χ1n) is 4.36. The summed E-state index contributed by atoms with van der Waals surface area (Å²) in [6.07, 6.45) is -3.20. The Morgan fingerprint density at radius 1 is 1.12 bits per heavy atom. The number of hydrogen-bond donors (Lipinski definition) is 0. The first-order valence-corrected chi connectivity index (χ1v) is 4.36. The lowest BCUT2D eigenvalue weighted by atomic mass is 10.1. The van der Waals surface area contributed by atoms with E-state index < -0.39 is 12.1 Å². The Balaban J connectivity index is 2.15. The SMILES string of the molecule is FC(F)(F)c1nc([CH]c2ccccc2)no1. The van der Waals surface area contributed by atoms with Crippen LogP contribution in [0.2, 0.25) is 0 Å². The van der Waals surface area contributed by atoms with E-state index in [4.69, 9.17) is 0 Å². The van der Waals surface area contributed by atoms with Gasteiger partial charge in [-0.25, -0.2) is 0 Å². The largest absolute Gasteiger partial charge is 0.471 e. The molecule has 6 heteroatoms. The first-order chi connectivity index (χ1) is 7.55. The topological polar surface area (TPSA) is 38.9 Å². The van der Waals surface area contributed by atoms with Crippen molar-refractivity contribution in [1.29, 1.82) is 0 Å². The van der Waals surface area contributed by atoms with Crippen LogP contribution in [0.15, 0.2) is 34.9 Å². The normalized spacial score (nSPS) is 11.7. The minimum absolute atomic E-state index is 0.0986. The van der Waals surface area contributed by atoms with Gasteiger partial charge < -0.3 is 4.52 Å². The fraction of sp³-hybridized carbons (Fsp3) is 0.100. The second-order valence-corrected chi connectivity index (χ2v) is 3.01. The fourth-order valence-electron chi connectivity index (χ4n) is 1.11.